The zero-order valence-electron chi connectivity index (χ0n) is 12.1. The summed E-state index contributed by atoms with van der Waals surface area (Å²) < 4.78 is 5.63. The topological polar surface area (TPSA) is 41.5 Å². The molecule has 1 atom stereocenters. The fourth-order valence-electron chi connectivity index (χ4n) is 1.70. The largest absolute Gasteiger partial charge is 0.491 e. The second-order valence-corrected chi connectivity index (χ2v) is 5.21. The van der Waals surface area contributed by atoms with Gasteiger partial charge in [0.25, 0.3) is 0 Å². The smallest absolute Gasteiger partial charge is 0.119 e. The molecule has 0 aliphatic carbocycles. The van der Waals surface area contributed by atoms with Gasteiger partial charge in [-0.3, -0.25) is 0 Å². The monoisotopic (exact) mass is 251 g/mol. The minimum absolute atomic E-state index is 0.321. The highest BCUT2D eigenvalue weighted by atomic mass is 16.5. The predicted octanol–water partition coefficient (Wildman–Crippen LogP) is 2.35. The van der Waals surface area contributed by atoms with Crippen molar-refractivity contribution in [2.75, 3.05) is 13.2 Å². The summed E-state index contributed by atoms with van der Waals surface area (Å²) in [7, 11) is 0. The van der Waals surface area contributed by atoms with Crippen molar-refractivity contribution in [3.63, 3.8) is 0 Å². The molecule has 1 aromatic rings. The Hall–Kier alpha value is -1.06. The number of rotatable bonds is 6. The van der Waals surface area contributed by atoms with Crippen molar-refractivity contribution in [1.29, 1.82) is 0 Å². The number of hydrogen-bond acceptors (Lipinski definition) is 3. The SMILES string of the molecule is Cc1cc(OCC(O)CNC(C)C)cc(C)c1C. The number of aryl methyl sites for hydroxylation is 2. The van der Waals surface area contributed by atoms with Gasteiger partial charge in [-0.15, -0.1) is 0 Å². The minimum atomic E-state index is -0.477. The molecule has 0 aliphatic heterocycles. The Morgan fingerprint density at radius 1 is 1.17 bits per heavy atom. The van der Waals surface area contributed by atoms with Gasteiger partial charge in [-0.25, -0.2) is 0 Å². The van der Waals surface area contributed by atoms with Crippen LogP contribution in [0.15, 0.2) is 12.1 Å². The van der Waals surface area contributed by atoms with E-state index >= 15 is 0 Å². The first kappa shape index (κ1) is 15.0. The Morgan fingerprint density at radius 3 is 2.22 bits per heavy atom. The van der Waals surface area contributed by atoms with Gasteiger partial charge < -0.3 is 15.2 Å². The van der Waals surface area contributed by atoms with Gasteiger partial charge in [0.1, 0.15) is 18.5 Å². The highest BCUT2D eigenvalue weighted by molar-refractivity contribution is 5.40. The zero-order chi connectivity index (χ0) is 13.7. The highest BCUT2D eigenvalue weighted by Gasteiger charge is 2.07. The quantitative estimate of drug-likeness (QED) is 0.815. The fraction of sp³-hybridized carbons (Fsp3) is 0.600. The van der Waals surface area contributed by atoms with Gasteiger partial charge in [0.2, 0.25) is 0 Å². The van der Waals surface area contributed by atoms with Gasteiger partial charge in [-0.2, -0.15) is 0 Å². The normalized spacial score (nSPS) is 12.8. The molecule has 0 saturated carbocycles. The van der Waals surface area contributed by atoms with Gasteiger partial charge in [-0.1, -0.05) is 13.8 Å². The van der Waals surface area contributed by atoms with E-state index in [9.17, 15) is 5.11 Å². The van der Waals surface area contributed by atoms with Crippen molar-refractivity contribution in [3.8, 4) is 5.75 Å². The lowest BCUT2D eigenvalue weighted by Crippen LogP contribution is -2.35. The summed E-state index contributed by atoms with van der Waals surface area (Å²) in [5, 5.41) is 12.9. The van der Waals surface area contributed by atoms with E-state index in [-0.39, 0.29) is 0 Å². The summed E-state index contributed by atoms with van der Waals surface area (Å²) in [6.07, 6.45) is -0.477. The third-order valence-electron chi connectivity index (χ3n) is 3.10. The van der Waals surface area contributed by atoms with Crippen molar-refractivity contribution in [3.05, 3.63) is 28.8 Å². The molecule has 1 rings (SSSR count). The average Bonchev–Trinajstić information content (AvgIpc) is 2.30. The maximum Gasteiger partial charge on any atom is 0.119 e. The summed E-state index contributed by atoms with van der Waals surface area (Å²) in [5.41, 5.74) is 3.74. The summed E-state index contributed by atoms with van der Waals surface area (Å²) in [6, 6.07) is 4.42. The molecule has 0 fully saturated rings. The second-order valence-electron chi connectivity index (χ2n) is 5.21. The van der Waals surface area contributed by atoms with E-state index in [1.165, 1.54) is 16.7 Å². The van der Waals surface area contributed by atoms with Crippen LogP contribution in [0.2, 0.25) is 0 Å². The summed E-state index contributed by atoms with van der Waals surface area (Å²) in [5.74, 6) is 0.833. The van der Waals surface area contributed by atoms with Crippen molar-refractivity contribution in [2.45, 2.75) is 46.8 Å². The molecule has 1 aromatic carbocycles. The highest BCUT2D eigenvalue weighted by Crippen LogP contribution is 2.20. The van der Waals surface area contributed by atoms with Gasteiger partial charge in [0.15, 0.2) is 0 Å². The molecule has 2 N–H and O–H groups in total. The Bertz CT molecular complexity index is 365. The Kier molecular flexibility index (Phi) is 5.63. The molecule has 0 amide bonds. The minimum Gasteiger partial charge on any atom is -0.491 e. The van der Waals surface area contributed by atoms with Crippen LogP contribution >= 0.6 is 0 Å². The number of aliphatic hydroxyl groups excluding tert-OH is 1. The molecular formula is C15H25NO2. The summed E-state index contributed by atoms with van der Waals surface area (Å²) in [6.45, 7) is 11.2. The van der Waals surface area contributed by atoms with Gasteiger partial charge in [-0.05, 0) is 49.6 Å². The van der Waals surface area contributed by atoms with Crippen molar-refractivity contribution in [1.82, 2.24) is 5.32 Å². The molecule has 0 bridgehead atoms. The number of hydrogen-bond donors (Lipinski definition) is 2. The maximum absolute atomic E-state index is 9.77. The van der Waals surface area contributed by atoms with Gasteiger partial charge in [0.05, 0.1) is 0 Å². The molecule has 0 aliphatic rings. The average molecular weight is 251 g/mol. The van der Waals surface area contributed by atoms with E-state index in [0.29, 0.717) is 19.2 Å². The van der Waals surface area contributed by atoms with Crippen molar-refractivity contribution in [2.24, 2.45) is 0 Å². The van der Waals surface area contributed by atoms with Crippen LogP contribution in [0.3, 0.4) is 0 Å². The summed E-state index contributed by atoms with van der Waals surface area (Å²) >= 11 is 0. The van der Waals surface area contributed by atoms with E-state index in [4.69, 9.17) is 4.74 Å². The van der Waals surface area contributed by atoms with Gasteiger partial charge >= 0.3 is 0 Å². The number of nitrogens with one attached hydrogen (secondary N) is 1. The van der Waals surface area contributed by atoms with Crippen LogP contribution in [0.5, 0.6) is 5.75 Å². The molecule has 1 unspecified atom stereocenters. The number of aliphatic hydroxyl groups is 1. The van der Waals surface area contributed by atoms with Crippen LogP contribution in [0.4, 0.5) is 0 Å². The van der Waals surface area contributed by atoms with E-state index in [1.807, 2.05) is 12.1 Å². The lowest BCUT2D eigenvalue weighted by atomic mass is 10.0. The van der Waals surface area contributed by atoms with E-state index < -0.39 is 6.10 Å². The van der Waals surface area contributed by atoms with Crippen molar-refractivity contribution >= 4 is 0 Å². The molecular weight excluding hydrogens is 226 g/mol. The van der Waals surface area contributed by atoms with Crippen LogP contribution in [-0.2, 0) is 0 Å². The Labute approximate surface area is 110 Å². The third kappa shape index (κ3) is 4.67. The van der Waals surface area contributed by atoms with Crippen LogP contribution in [0.1, 0.15) is 30.5 Å². The Balaban J connectivity index is 2.48. The zero-order valence-corrected chi connectivity index (χ0v) is 12.1. The predicted molar refractivity (Wildman–Crippen MR) is 75.3 cm³/mol. The molecule has 0 aromatic heterocycles. The molecule has 0 radical (unpaired) electrons. The number of ether oxygens (including phenoxy) is 1. The molecule has 102 valence electrons. The lowest BCUT2D eigenvalue weighted by molar-refractivity contribution is 0.104. The first-order chi connectivity index (χ1) is 8.40. The molecule has 3 nitrogen and oxygen atoms in total. The van der Waals surface area contributed by atoms with Crippen LogP contribution in [-0.4, -0.2) is 30.4 Å². The number of benzene rings is 1. The van der Waals surface area contributed by atoms with Crippen LogP contribution in [0.25, 0.3) is 0 Å². The standard InChI is InChI=1S/C15H25NO2/c1-10(2)16-8-14(17)9-18-15-6-11(3)13(5)12(4)7-15/h6-7,10,14,16-17H,8-9H2,1-5H3. The molecule has 0 spiro atoms. The maximum atomic E-state index is 9.77. The van der Waals surface area contributed by atoms with Gasteiger partial charge in [0, 0.05) is 12.6 Å². The molecule has 3 heteroatoms. The van der Waals surface area contributed by atoms with E-state index in [1.54, 1.807) is 0 Å². The fourth-order valence-corrected chi connectivity index (χ4v) is 1.70. The first-order valence-corrected chi connectivity index (χ1v) is 6.52. The molecule has 0 saturated heterocycles. The van der Waals surface area contributed by atoms with Crippen LogP contribution in [0, 0.1) is 20.8 Å². The van der Waals surface area contributed by atoms with Crippen LogP contribution < -0.4 is 10.1 Å². The van der Waals surface area contributed by atoms with E-state index in [2.05, 4.69) is 39.9 Å². The van der Waals surface area contributed by atoms with Crippen molar-refractivity contribution < 1.29 is 9.84 Å². The summed E-state index contributed by atoms with van der Waals surface area (Å²) in [4.78, 5) is 0. The third-order valence-corrected chi connectivity index (χ3v) is 3.10. The molecule has 18 heavy (non-hydrogen) atoms. The lowest BCUT2D eigenvalue weighted by Gasteiger charge is -2.16. The Morgan fingerprint density at radius 2 is 1.72 bits per heavy atom. The van der Waals surface area contributed by atoms with E-state index in [0.717, 1.165) is 5.75 Å². The molecule has 0 heterocycles. The second kappa shape index (κ2) is 6.76. The first-order valence-electron chi connectivity index (χ1n) is 6.52.